The summed E-state index contributed by atoms with van der Waals surface area (Å²) in [5.74, 6) is 0. The van der Waals surface area contributed by atoms with Gasteiger partial charge in [-0.15, -0.1) is 0 Å². The topological polar surface area (TPSA) is 126 Å². The summed E-state index contributed by atoms with van der Waals surface area (Å²) in [6.45, 7) is 0. The van der Waals surface area contributed by atoms with E-state index in [1.807, 2.05) is 0 Å². The van der Waals surface area contributed by atoms with E-state index in [1.165, 1.54) is 0 Å². The molecule has 0 unspecified atom stereocenters. The number of H-pyrrole nitrogens is 8. The first-order chi connectivity index (χ1) is 7.93. The van der Waals surface area contributed by atoms with Crippen molar-refractivity contribution in [2.24, 2.45) is 0 Å². The maximum atomic E-state index is 3.09. The molecule has 0 aromatic carbocycles. The third-order valence-corrected chi connectivity index (χ3v) is 3.25. The van der Waals surface area contributed by atoms with Gasteiger partial charge >= 0.3 is 0 Å². The molecule has 8 nitrogen and oxygen atoms in total. The van der Waals surface area contributed by atoms with Gasteiger partial charge in [0, 0.05) is 0 Å². The minimum absolute atomic E-state index is 1.08. The van der Waals surface area contributed by atoms with Crippen LogP contribution in [0.5, 0.6) is 0 Å². The highest BCUT2D eigenvalue weighted by Gasteiger charge is 2.31. The molecule has 0 atom stereocenters. The molecule has 4 aromatic rings. The molecule has 0 saturated heterocycles. The Balaban J connectivity index is 1.91. The fourth-order valence-electron chi connectivity index (χ4n) is 2.25. The Hall–Kier alpha value is -2.64. The van der Waals surface area contributed by atoms with Gasteiger partial charge in [-0.05, 0) is 0 Å². The number of hydrogen-bond donors (Lipinski definition) is 8. The van der Waals surface area contributed by atoms with Gasteiger partial charge < -0.3 is 0 Å². The van der Waals surface area contributed by atoms with Crippen molar-refractivity contribution in [2.75, 3.05) is 0 Å². The molecule has 0 spiro atoms. The van der Waals surface area contributed by atoms with Crippen molar-refractivity contribution in [3.63, 3.8) is 0 Å². The van der Waals surface area contributed by atoms with E-state index in [4.69, 9.17) is 0 Å². The fraction of sp³-hybridized carbons (Fsp3) is 0. The van der Waals surface area contributed by atoms with Crippen molar-refractivity contribution < 1.29 is 0 Å². The number of aromatic nitrogens is 8. The molecule has 0 radical (unpaired) electrons. The lowest BCUT2D eigenvalue weighted by Crippen LogP contribution is -2.18. The normalized spacial score (nSPS) is 13.0. The van der Waals surface area contributed by atoms with Crippen LogP contribution in [-0.2, 0) is 0 Å². The predicted octanol–water partition coefficient (Wildman–Crippen LogP) is 1.29. The smallest absolute Gasteiger partial charge is 0.109 e. The second-order valence-electron chi connectivity index (χ2n) is 4.00. The summed E-state index contributed by atoms with van der Waals surface area (Å²) >= 11 is 0. The van der Waals surface area contributed by atoms with Crippen LogP contribution in [0.1, 0.15) is 0 Å². The van der Waals surface area contributed by atoms with Gasteiger partial charge in [-0.25, -0.2) is 0 Å². The summed E-state index contributed by atoms with van der Waals surface area (Å²) in [5, 5.41) is 24.7. The summed E-state index contributed by atoms with van der Waals surface area (Å²) in [7, 11) is 0. The van der Waals surface area contributed by atoms with Crippen LogP contribution < -0.4 is 0 Å². The fourth-order valence-corrected chi connectivity index (χ4v) is 2.25. The molecular formula is C8H8N8. The van der Waals surface area contributed by atoms with Crippen LogP contribution in [-0.4, -0.2) is 40.8 Å². The van der Waals surface area contributed by atoms with Crippen LogP contribution >= 0.6 is 0 Å². The van der Waals surface area contributed by atoms with Gasteiger partial charge in [0.05, 0.1) is 0 Å². The van der Waals surface area contributed by atoms with E-state index in [2.05, 4.69) is 40.8 Å². The standard InChI is InChI=1S/C8H8N8/c9-1-2(10-9)4-6(14-13-4)8-7(15-16-8)5-3(1)11-12-5/h9-16H. The first kappa shape index (κ1) is 6.77. The Morgan fingerprint density at radius 2 is 0.375 bits per heavy atom. The molecule has 4 heterocycles. The third kappa shape index (κ3) is 0.500. The van der Waals surface area contributed by atoms with Crippen molar-refractivity contribution in [2.45, 2.75) is 0 Å². The quantitative estimate of drug-likeness (QED) is 0.190. The Kier molecular flexibility index (Phi) is 0.783. The average Bonchev–Trinajstić information content (AvgIpc) is 2.17. The van der Waals surface area contributed by atoms with Crippen LogP contribution in [0.3, 0.4) is 0 Å². The van der Waals surface area contributed by atoms with Gasteiger partial charge in [0.15, 0.2) is 0 Å². The Bertz CT molecular complexity index is 542. The molecule has 5 rings (SSSR count). The van der Waals surface area contributed by atoms with Crippen molar-refractivity contribution in [1.29, 1.82) is 0 Å². The zero-order valence-corrected chi connectivity index (χ0v) is 8.00. The van der Waals surface area contributed by atoms with E-state index in [0.29, 0.717) is 0 Å². The first-order valence-corrected chi connectivity index (χ1v) is 5.00. The SMILES string of the molecule is [nH]1[nH]c2c1-c1[nH][nH]c1-c1[nH][nH]c1-c1[nH][nH]c1-2. The number of fused-ring (bicyclic) bond motifs is 8. The molecule has 0 amide bonds. The Morgan fingerprint density at radius 3 is 0.438 bits per heavy atom. The summed E-state index contributed by atoms with van der Waals surface area (Å²) in [6.07, 6.45) is 0. The molecule has 0 bridgehead atoms. The molecule has 1 aliphatic rings. The lowest BCUT2D eigenvalue weighted by molar-refractivity contribution is 0.849. The summed E-state index contributed by atoms with van der Waals surface area (Å²) in [5.41, 5.74) is 8.63. The summed E-state index contributed by atoms with van der Waals surface area (Å²) in [6, 6.07) is 0. The lowest BCUT2D eigenvalue weighted by Gasteiger charge is -2.28. The molecule has 8 N–H and O–H groups in total. The minimum atomic E-state index is 1.08. The number of hydrogen-bond acceptors (Lipinski definition) is 0. The van der Waals surface area contributed by atoms with Crippen molar-refractivity contribution >= 4 is 0 Å². The molecule has 4 aromatic heterocycles. The largest absolute Gasteiger partial charge is 0.296 e. The predicted molar refractivity (Wildman–Crippen MR) is 56.5 cm³/mol. The molecule has 80 valence electrons. The van der Waals surface area contributed by atoms with E-state index in [9.17, 15) is 0 Å². The first-order valence-electron chi connectivity index (χ1n) is 5.00. The zero-order chi connectivity index (χ0) is 10.3. The molecule has 16 heavy (non-hydrogen) atoms. The number of aromatic amines is 8. The van der Waals surface area contributed by atoms with Gasteiger partial charge in [-0.1, -0.05) is 0 Å². The molecule has 0 saturated carbocycles. The van der Waals surface area contributed by atoms with Gasteiger partial charge in [0.1, 0.15) is 45.6 Å². The summed E-state index contributed by atoms with van der Waals surface area (Å²) in [4.78, 5) is 0. The van der Waals surface area contributed by atoms with E-state index in [1.54, 1.807) is 0 Å². The summed E-state index contributed by atoms with van der Waals surface area (Å²) < 4.78 is 0. The Labute approximate surface area is 87.1 Å². The van der Waals surface area contributed by atoms with Crippen molar-refractivity contribution in [1.82, 2.24) is 40.8 Å². The minimum Gasteiger partial charge on any atom is -0.296 e. The van der Waals surface area contributed by atoms with E-state index < -0.39 is 0 Å². The van der Waals surface area contributed by atoms with Crippen molar-refractivity contribution in [3.05, 3.63) is 0 Å². The Morgan fingerprint density at radius 1 is 0.250 bits per heavy atom. The van der Waals surface area contributed by atoms with Crippen LogP contribution in [0, 0.1) is 0 Å². The number of rotatable bonds is 0. The lowest BCUT2D eigenvalue weighted by atomic mass is 9.99. The van der Waals surface area contributed by atoms with Gasteiger partial charge in [-0.3, -0.25) is 40.8 Å². The average molecular weight is 216 g/mol. The van der Waals surface area contributed by atoms with Crippen LogP contribution in [0.4, 0.5) is 0 Å². The monoisotopic (exact) mass is 216 g/mol. The third-order valence-electron chi connectivity index (χ3n) is 3.25. The zero-order valence-electron chi connectivity index (χ0n) is 8.00. The second-order valence-corrected chi connectivity index (χ2v) is 4.00. The van der Waals surface area contributed by atoms with E-state index in [0.717, 1.165) is 45.6 Å². The van der Waals surface area contributed by atoms with Gasteiger partial charge in [-0.2, -0.15) is 0 Å². The van der Waals surface area contributed by atoms with Gasteiger partial charge in [0.2, 0.25) is 0 Å². The number of nitrogens with one attached hydrogen (secondary N) is 8. The molecular weight excluding hydrogens is 208 g/mol. The maximum Gasteiger partial charge on any atom is 0.109 e. The van der Waals surface area contributed by atoms with Crippen LogP contribution in [0.25, 0.3) is 45.6 Å². The van der Waals surface area contributed by atoms with E-state index >= 15 is 0 Å². The second kappa shape index (κ2) is 1.85. The highest BCUT2D eigenvalue weighted by atomic mass is 15.3. The van der Waals surface area contributed by atoms with E-state index in [-0.39, 0.29) is 0 Å². The molecule has 0 aliphatic heterocycles. The van der Waals surface area contributed by atoms with Crippen LogP contribution in [0.15, 0.2) is 0 Å². The highest BCUT2D eigenvalue weighted by molar-refractivity contribution is 5.96. The molecule has 0 fully saturated rings. The van der Waals surface area contributed by atoms with Crippen molar-refractivity contribution in [3.8, 4) is 45.6 Å². The van der Waals surface area contributed by atoms with Gasteiger partial charge in [0.25, 0.3) is 0 Å². The maximum absolute atomic E-state index is 3.09. The molecule has 8 heteroatoms. The molecule has 1 aliphatic carbocycles. The van der Waals surface area contributed by atoms with Crippen LogP contribution in [0.2, 0.25) is 0 Å². The highest BCUT2D eigenvalue weighted by Crippen LogP contribution is 2.44.